The fourth-order valence-corrected chi connectivity index (χ4v) is 3.24. The maximum absolute atomic E-state index is 12.2. The lowest BCUT2D eigenvalue weighted by atomic mass is 10.2. The van der Waals surface area contributed by atoms with Gasteiger partial charge in [-0.05, 0) is 19.1 Å². The van der Waals surface area contributed by atoms with Crippen molar-refractivity contribution in [2.45, 2.75) is 13.0 Å². The summed E-state index contributed by atoms with van der Waals surface area (Å²) in [7, 11) is -3.03. The average Bonchev–Trinajstić information content (AvgIpc) is 2.47. The summed E-state index contributed by atoms with van der Waals surface area (Å²) in [4.78, 5) is 29.4. The van der Waals surface area contributed by atoms with Crippen LogP contribution in [0.3, 0.4) is 0 Å². The smallest absolute Gasteiger partial charge is 0.270 e. The van der Waals surface area contributed by atoms with Gasteiger partial charge in [0.05, 0.1) is 11.5 Å². The van der Waals surface area contributed by atoms with Gasteiger partial charge in [-0.1, -0.05) is 6.07 Å². The minimum Gasteiger partial charge on any atom is -0.339 e. The second-order valence-electron chi connectivity index (χ2n) is 4.89. The van der Waals surface area contributed by atoms with Crippen LogP contribution in [0.15, 0.2) is 24.4 Å². The molecule has 1 aromatic rings. The van der Waals surface area contributed by atoms with E-state index in [9.17, 15) is 18.0 Å². The Bertz CT molecular complexity index is 616. The van der Waals surface area contributed by atoms with E-state index in [-0.39, 0.29) is 36.2 Å². The Labute approximate surface area is 123 Å². The zero-order valence-corrected chi connectivity index (χ0v) is 12.5. The second-order valence-corrected chi connectivity index (χ2v) is 7.19. The van der Waals surface area contributed by atoms with Crippen molar-refractivity contribution in [1.29, 1.82) is 0 Å². The highest BCUT2D eigenvalue weighted by atomic mass is 32.2. The molecule has 0 bridgehead atoms. The highest BCUT2D eigenvalue weighted by molar-refractivity contribution is 7.91. The molecule has 1 N–H and O–H groups in total. The molecular weight excluding hydrogens is 294 g/mol. The quantitative estimate of drug-likeness (QED) is 0.808. The molecule has 1 aromatic heterocycles. The molecule has 114 valence electrons. The molecule has 21 heavy (non-hydrogen) atoms. The van der Waals surface area contributed by atoms with Gasteiger partial charge in [0.2, 0.25) is 5.91 Å². The van der Waals surface area contributed by atoms with Crippen molar-refractivity contribution in [2.75, 3.05) is 24.6 Å². The number of carbonyl (C=O) groups is 2. The predicted octanol–water partition coefficient (Wildman–Crippen LogP) is -0.543. The van der Waals surface area contributed by atoms with Gasteiger partial charge < -0.3 is 10.2 Å². The number of hydrogen-bond donors (Lipinski definition) is 1. The van der Waals surface area contributed by atoms with Gasteiger partial charge in [0, 0.05) is 19.3 Å². The van der Waals surface area contributed by atoms with Crippen LogP contribution in [0.2, 0.25) is 0 Å². The van der Waals surface area contributed by atoms with Crippen LogP contribution in [0.4, 0.5) is 0 Å². The van der Waals surface area contributed by atoms with Gasteiger partial charge in [-0.2, -0.15) is 0 Å². The van der Waals surface area contributed by atoms with Gasteiger partial charge in [-0.3, -0.25) is 14.6 Å². The van der Waals surface area contributed by atoms with Gasteiger partial charge in [0.15, 0.2) is 9.84 Å². The number of sulfone groups is 1. The van der Waals surface area contributed by atoms with E-state index in [1.807, 2.05) is 0 Å². The molecule has 0 aliphatic carbocycles. The number of rotatable bonds is 3. The monoisotopic (exact) mass is 311 g/mol. The Morgan fingerprint density at radius 3 is 2.52 bits per heavy atom. The normalized spacial score (nSPS) is 18.8. The van der Waals surface area contributed by atoms with E-state index in [4.69, 9.17) is 0 Å². The van der Waals surface area contributed by atoms with Crippen molar-refractivity contribution in [3.05, 3.63) is 30.1 Å². The van der Waals surface area contributed by atoms with Gasteiger partial charge >= 0.3 is 0 Å². The van der Waals surface area contributed by atoms with Crippen molar-refractivity contribution in [3.8, 4) is 0 Å². The minimum atomic E-state index is -3.03. The first-order valence-electron chi connectivity index (χ1n) is 6.60. The lowest BCUT2D eigenvalue weighted by Gasteiger charge is -2.29. The van der Waals surface area contributed by atoms with Crippen molar-refractivity contribution in [3.63, 3.8) is 0 Å². The van der Waals surface area contributed by atoms with Crippen molar-refractivity contribution < 1.29 is 18.0 Å². The van der Waals surface area contributed by atoms with Gasteiger partial charge in [-0.15, -0.1) is 0 Å². The standard InChI is InChI=1S/C13H17N3O4S/c1-10(15-12(17)11-4-2-3-5-14-11)13(18)16-6-8-21(19,20)9-7-16/h2-5,10H,6-9H2,1H3,(H,15,17). The molecule has 2 heterocycles. The fourth-order valence-electron chi connectivity index (χ4n) is 2.04. The summed E-state index contributed by atoms with van der Waals surface area (Å²) in [6.07, 6.45) is 1.50. The van der Waals surface area contributed by atoms with E-state index in [0.29, 0.717) is 0 Å². The second kappa shape index (κ2) is 6.21. The van der Waals surface area contributed by atoms with Crippen LogP contribution in [-0.4, -0.2) is 60.8 Å². The molecule has 7 nitrogen and oxygen atoms in total. The average molecular weight is 311 g/mol. The third-order valence-corrected chi connectivity index (χ3v) is 4.88. The van der Waals surface area contributed by atoms with Gasteiger partial charge in [-0.25, -0.2) is 8.42 Å². The molecular formula is C13H17N3O4S. The number of hydrogen-bond acceptors (Lipinski definition) is 5. The molecule has 1 saturated heterocycles. The molecule has 0 radical (unpaired) electrons. The summed E-state index contributed by atoms with van der Waals surface area (Å²) in [6.45, 7) is 1.92. The molecule has 2 rings (SSSR count). The van der Waals surface area contributed by atoms with Crippen molar-refractivity contribution in [2.24, 2.45) is 0 Å². The lowest BCUT2D eigenvalue weighted by Crippen LogP contribution is -2.51. The summed E-state index contributed by atoms with van der Waals surface area (Å²) in [5.41, 5.74) is 0.235. The van der Waals surface area contributed by atoms with Gasteiger partial charge in [0.25, 0.3) is 5.91 Å². The molecule has 1 aliphatic rings. The first-order chi connectivity index (χ1) is 9.89. The highest BCUT2D eigenvalue weighted by Gasteiger charge is 2.28. The Balaban J connectivity index is 1.93. The van der Waals surface area contributed by atoms with Crippen LogP contribution < -0.4 is 5.32 Å². The van der Waals surface area contributed by atoms with Crippen LogP contribution in [0.1, 0.15) is 17.4 Å². The molecule has 1 aliphatic heterocycles. The molecule has 0 aromatic carbocycles. The van der Waals surface area contributed by atoms with Crippen molar-refractivity contribution >= 4 is 21.7 Å². The summed E-state index contributed by atoms with van der Waals surface area (Å²) in [5, 5.41) is 2.57. The molecule has 1 unspecified atom stereocenters. The Morgan fingerprint density at radius 2 is 1.95 bits per heavy atom. The first kappa shape index (κ1) is 15.4. The van der Waals surface area contributed by atoms with Crippen LogP contribution in [-0.2, 0) is 14.6 Å². The van der Waals surface area contributed by atoms with Crippen LogP contribution in [0, 0.1) is 0 Å². The Morgan fingerprint density at radius 1 is 1.29 bits per heavy atom. The number of amides is 2. The predicted molar refractivity (Wildman–Crippen MR) is 76.4 cm³/mol. The molecule has 0 spiro atoms. The lowest BCUT2D eigenvalue weighted by molar-refractivity contribution is -0.132. The highest BCUT2D eigenvalue weighted by Crippen LogP contribution is 2.06. The minimum absolute atomic E-state index is 0.0281. The van der Waals surface area contributed by atoms with E-state index in [0.717, 1.165) is 0 Å². The topological polar surface area (TPSA) is 96.4 Å². The number of nitrogens with one attached hydrogen (secondary N) is 1. The van der Waals surface area contributed by atoms with Gasteiger partial charge in [0.1, 0.15) is 11.7 Å². The Kier molecular flexibility index (Phi) is 4.56. The number of nitrogens with zero attached hydrogens (tertiary/aromatic N) is 2. The molecule has 1 atom stereocenters. The maximum Gasteiger partial charge on any atom is 0.270 e. The molecule has 0 saturated carbocycles. The Hall–Kier alpha value is -1.96. The van der Waals surface area contributed by atoms with Crippen LogP contribution in [0.5, 0.6) is 0 Å². The van der Waals surface area contributed by atoms with E-state index >= 15 is 0 Å². The van der Waals surface area contributed by atoms with E-state index in [1.54, 1.807) is 25.1 Å². The number of pyridine rings is 1. The van der Waals surface area contributed by atoms with Crippen LogP contribution >= 0.6 is 0 Å². The molecule has 2 amide bonds. The third kappa shape index (κ3) is 4.01. The zero-order valence-electron chi connectivity index (χ0n) is 11.7. The van der Waals surface area contributed by atoms with E-state index < -0.39 is 21.8 Å². The largest absolute Gasteiger partial charge is 0.339 e. The first-order valence-corrected chi connectivity index (χ1v) is 8.42. The maximum atomic E-state index is 12.2. The number of carbonyl (C=O) groups excluding carboxylic acids is 2. The van der Waals surface area contributed by atoms with Crippen LogP contribution in [0.25, 0.3) is 0 Å². The summed E-state index contributed by atoms with van der Waals surface area (Å²) in [6, 6.07) is 4.21. The number of aromatic nitrogens is 1. The molecule has 8 heteroatoms. The SMILES string of the molecule is CC(NC(=O)c1ccccn1)C(=O)N1CCS(=O)(=O)CC1. The van der Waals surface area contributed by atoms with Crippen molar-refractivity contribution in [1.82, 2.24) is 15.2 Å². The zero-order chi connectivity index (χ0) is 15.5. The summed E-state index contributed by atoms with van der Waals surface area (Å²) >= 11 is 0. The van der Waals surface area contributed by atoms with E-state index in [1.165, 1.54) is 11.1 Å². The summed E-state index contributed by atoms with van der Waals surface area (Å²) < 4.78 is 22.7. The third-order valence-electron chi connectivity index (χ3n) is 3.27. The molecule has 1 fully saturated rings. The van der Waals surface area contributed by atoms with E-state index in [2.05, 4.69) is 10.3 Å². The fraction of sp³-hybridized carbons (Fsp3) is 0.462. The summed E-state index contributed by atoms with van der Waals surface area (Å²) in [5.74, 6) is -0.769.